The van der Waals surface area contributed by atoms with Gasteiger partial charge in [0.1, 0.15) is 11.5 Å². The number of alkyl halides is 3. The van der Waals surface area contributed by atoms with Gasteiger partial charge in [-0.2, -0.15) is 13.2 Å². The first-order chi connectivity index (χ1) is 12.8. The average Bonchev–Trinajstić information content (AvgIpc) is 2.66. The first kappa shape index (κ1) is 18.9. The molecule has 1 saturated heterocycles. The van der Waals surface area contributed by atoms with Crippen LogP contribution in [0.1, 0.15) is 11.3 Å². The number of benzene rings is 1. The number of hydrogen-bond acceptors (Lipinski definition) is 3. The van der Waals surface area contributed by atoms with Crippen LogP contribution in [0.25, 0.3) is 0 Å². The molecule has 144 valence electrons. The van der Waals surface area contributed by atoms with Crippen molar-refractivity contribution in [3.63, 3.8) is 0 Å². The maximum atomic E-state index is 13.0. The van der Waals surface area contributed by atoms with E-state index in [-0.39, 0.29) is 12.4 Å². The Hall–Kier alpha value is -2.84. The van der Waals surface area contributed by atoms with Gasteiger partial charge in [0.05, 0.1) is 6.54 Å². The van der Waals surface area contributed by atoms with Gasteiger partial charge in [-0.05, 0) is 42.0 Å². The molecule has 5 nitrogen and oxygen atoms in total. The Morgan fingerprint density at radius 3 is 2.37 bits per heavy atom. The van der Waals surface area contributed by atoms with Crippen LogP contribution in [-0.2, 0) is 12.7 Å². The largest absolute Gasteiger partial charge is 0.433 e. The van der Waals surface area contributed by atoms with E-state index >= 15 is 0 Å². The summed E-state index contributed by atoms with van der Waals surface area (Å²) in [4.78, 5) is 11.5. The molecular formula is C18H19F4N5. The zero-order chi connectivity index (χ0) is 19.4. The Bertz CT molecular complexity index is 796. The predicted molar refractivity (Wildman–Crippen MR) is 94.8 cm³/mol. The lowest BCUT2D eigenvalue weighted by molar-refractivity contribution is -0.141. The fraction of sp³-hybridized carbons (Fsp3) is 0.333. The van der Waals surface area contributed by atoms with Crippen LogP contribution in [0.4, 0.5) is 23.2 Å². The number of anilines is 1. The van der Waals surface area contributed by atoms with Crippen molar-refractivity contribution in [1.82, 2.24) is 9.88 Å². The quantitative estimate of drug-likeness (QED) is 0.505. The first-order valence-corrected chi connectivity index (χ1v) is 8.40. The molecule has 1 aromatic heterocycles. The molecule has 0 saturated carbocycles. The zero-order valence-electron chi connectivity index (χ0n) is 14.5. The summed E-state index contributed by atoms with van der Waals surface area (Å²) in [6, 6.07) is 8.75. The zero-order valence-corrected chi connectivity index (χ0v) is 14.5. The maximum Gasteiger partial charge on any atom is 0.433 e. The summed E-state index contributed by atoms with van der Waals surface area (Å²) in [5.74, 6) is 0.0117. The van der Waals surface area contributed by atoms with Gasteiger partial charge in [-0.3, -0.25) is 4.98 Å². The number of piperazine rings is 1. The number of hydrogen-bond donors (Lipinski definition) is 1. The van der Waals surface area contributed by atoms with Crippen LogP contribution in [0.15, 0.2) is 47.6 Å². The number of nitrogens with zero attached hydrogens (tertiary/aromatic N) is 4. The highest BCUT2D eigenvalue weighted by Crippen LogP contribution is 2.27. The van der Waals surface area contributed by atoms with Gasteiger partial charge in [0.15, 0.2) is 5.96 Å². The van der Waals surface area contributed by atoms with Crippen molar-refractivity contribution >= 4 is 11.6 Å². The summed E-state index contributed by atoms with van der Waals surface area (Å²) in [6.07, 6.45) is -3.37. The lowest BCUT2D eigenvalue weighted by atomic mass is 10.2. The van der Waals surface area contributed by atoms with Crippen molar-refractivity contribution in [2.45, 2.75) is 12.7 Å². The summed E-state index contributed by atoms with van der Waals surface area (Å²) in [5.41, 5.74) is 6.38. The molecular weight excluding hydrogens is 362 g/mol. The summed E-state index contributed by atoms with van der Waals surface area (Å²) in [5, 5.41) is 0. The maximum absolute atomic E-state index is 13.0. The molecule has 3 rings (SSSR count). The van der Waals surface area contributed by atoms with E-state index in [0.717, 1.165) is 18.0 Å². The van der Waals surface area contributed by atoms with Gasteiger partial charge in [-0.25, -0.2) is 9.38 Å². The van der Waals surface area contributed by atoms with Gasteiger partial charge in [0.25, 0.3) is 0 Å². The number of aromatic nitrogens is 1. The molecule has 2 heterocycles. The molecule has 0 spiro atoms. The van der Waals surface area contributed by atoms with Crippen molar-refractivity contribution in [1.29, 1.82) is 0 Å². The van der Waals surface area contributed by atoms with E-state index < -0.39 is 11.9 Å². The summed E-state index contributed by atoms with van der Waals surface area (Å²) >= 11 is 0. The topological polar surface area (TPSA) is 57.8 Å². The normalized spacial score (nSPS) is 15.9. The smallest absolute Gasteiger partial charge is 0.370 e. The molecule has 0 unspecified atom stereocenters. The molecule has 0 aliphatic carbocycles. The standard InChI is InChI=1S/C18H19F4N5/c19-14-1-3-15(4-2-14)26-7-9-27(10-8-26)17(23)25-12-13-5-6-24-16(11-13)18(20,21)22/h1-6,11H,7-10,12H2,(H2,23,25). The second kappa shape index (κ2) is 7.81. The number of nitrogens with two attached hydrogens (primary N) is 1. The SMILES string of the molecule is NC(=NCc1ccnc(C(F)(F)F)c1)N1CCN(c2ccc(F)cc2)CC1. The third-order valence-electron chi connectivity index (χ3n) is 4.33. The minimum absolute atomic E-state index is 0.0512. The number of aliphatic imine (C=N–C) groups is 1. The Kier molecular flexibility index (Phi) is 5.48. The van der Waals surface area contributed by atoms with Crippen LogP contribution < -0.4 is 10.6 Å². The Labute approximate surface area is 154 Å². The molecule has 0 radical (unpaired) electrons. The summed E-state index contributed by atoms with van der Waals surface area (Å²) in [7, 11) is 0. The van der Waals surface area contributed by atoms with Crippen molar-refractivity contribution < 1.29 is 17.6 Å². The van der Waals surface area contributed by atoms with E-state index in [4.69, 9.17) is 5.73 Å². The van der Waals surface area contributed by atoms with E-state index in [1.54, 1.807) is 12.1 Å². The predicted octanol–water partition coefficient (Wildman–Crippen LogP) is 2.88. The highest BCUT2D eigenvalue weighted by molar-refractivity contribution is 5.78. The Morgan fingerprint density at radius 1 is 1.07 bits per heavy atom. The molecule has 1 aliphatic heterocycles. The third kappa shape index (κ3) is 4.87. The van der Waals surface area contributed by atoms with Gasteiger partial charge < -0.3 is 15.5 Å². The van der Waals surface area contributed by atoms with Gasteiger partial charge >= 0.3 is 6.18 Å². The fourth-order valence-electron chi connectivity index (χ4n) is 2.85. The van der Waals surface area contributed by atoms with Crippen molar-refractivity contribution in [3.8, 4) is 0 Å². The highest BCUT2D eigenvalue weighted by atomic mass is 19.4. The van der Waals surface area contributed by atoms with Crippen LogP contribution in [0, 0.1) is 5.82 Å². The molecule has 2 aromatic rings. The Morgan fingerprint density at radius 2 is 1.74 bits per heavy atom. The van der Waals surface area contributed by atoms with Crippen LogP contribution >= 0.6 is 0 Å². The molecule has 1 fully saturated rings. The highest BCUT2D eigenvalue weighted by Gasteiger charge is 2.32. The number of guanidine groups is 1. The second-order valence-corrected chi connectivity index (χ2v) is 6.17. The van der Waals surface area contributed by atoms with Crippen molar-refractivity contribution in [3.05, 3.63) is 59.7 Å². The van der Waals surface area contributed by atoms with Gasteiger partial charge in [-0.15, -0.1) is 0 Å². The third-order valence-corrected chi connectivity index (χ3v) is 4.33. The molecule has 2 N–H and O–H groups in total. The van der Waals surface area contributed by atoms with E-state index in [1.807, 2.05) is 4.90 Å². The van der Waals surface area contributed by atoms with Crippen LogP contribution in [0.2, 0.25) is 0 Å². The van der Waals surface area contributed by atoms with Gasteiger partial charge in [0.2, 0.25) is 0 Å². The molecule has 0 amide bonds. The van der Waals surface area contributed by atoms with Gasteiger partial charge in [0, 0.05) is 38.1 Å². The van der Waals surface area contributed by atoms with E-state index in [1.165, 1.54) is 18.2 Å². The molecule has 1 aliphatic rings. The number of halogens is 4. The fourth-order valence-corrected chi connectivity index (χ4v) is 2.85. The van der Waals surface area contributed by atoms with E-state index in [0.29, 0.717) is 37.7 Å². The second-order valence-electron chi connectivity index (χ2n) is 6.17. The number of pyridine rings is 1. The van der Waals surface area contributed by atoms with Crippen molar-refractivity contribution in [2.75, 3.05) is 31.1 Å². The van der Waals surface area contributed by atoms with Crippen LogP contribution in [0.5, 0.6) is 0 Å². The monoisotopic (exact) mass is 381 g/mol. The minimum atomic E-state index is -4.48. The molecule has 9 heteroatoms. The molecule has 0 bridgehead atoms. The first-order valence-electron chi connectivity index (χ1n) is 8.40. The van der Waals surface area contributed by atoms with Crippen LogP contribution in [-0.4, -0.2) is 42.0 Å². The van der Waals surface area contributed by atoms with Gasteiger partial charge in [-0.1, -0.05) is 0 Å². The molecule has 1 aromatic carbocycles. The molecule has 27 heavy (non-hydrogen) atoms. The lowest BCUT2D eigenvalue weighted by Crippen LogP contribution is -2.51. The lowest BCUT2D eigenvalue weighted by Gasteiger charge is -2.36. The van der Waals surface area contributed by atoms with E-state index in [2.05, 4.69) is 14.9 Å². The summed E-state index contributed by atoms with van der Waals surface area (Å²) < 4.78 is 51.1. The Balaban J connectivity index is 1.57. The average molecular weight is 381 g/mol. The minimum Gasteiger partial charge on any atom is -0.370 e. The van der Waals surface area contributed by atoms with Crippen molar-refractivity contribution in [2.24, 2.45) is 10.7 Å². The summed E-state index contributed by atoms with van der Waals surface area (Å²) in [6.45, 7) is 2.67. The van der Waals surface area contributed by atoms with Crippen LogP contribution in [0.3, 0.4) is 0 Å². The molecule has 0 atom stereocenters. The number of rotatable bonds is 3. The van der Waals surface area contributed by atoms with E-state index in [9.17, 15) is 17.6 Å².